The summed E-state index contributed by atoms with van der Waals surface area (Å²) in [5.74, 6) is -0.00316. The van der Waals surface area contributed by atoms with Crippen molar-refractivity contribution in [2.24, 2.45) is 10.7 Å². The van der Waals surface area contributed by atoms with Crippen LogP contribution in [0.2, 0.25) is 0 Å². The fourth-order valence-corrected chi connectivity index (χ4v) is 2.43. The lowest BCUT2D eigenvalue weighted by Crippen LogP contribution is -2.21. The van der Waals surface area contributed by atoms with Gasteiger partial charge in [-0.15, -0.1) is 0 Å². The topological polar surface area (TPSA) is 79.5 Å². The highest BCUT2D eigenvalue weighted by atomic mass is 16.1. The first kappa shape index (κ1) is 18.3. The Kier molecular flexibility index (Phi) is 6.77. The molecule has 0 bridgehead atoms. The second-order valence-electron chi connectivity index (χ2n) is 5.51. The Morgan fingerprint density at radius 1 is 1.16 bits per heavy atom. The van der Waals surface area contributed by atoms with Crippen LogP contribution in [0.15, 0.2) is 59.6 Å². The normalized spacial score (nSPS) is 11.5. The molecule has 130 valence electrons. The molecule has 5 heteroatoms. The Hall–Kier alpha value is -3.08. The quantitative estimate of drug-likeness (QED) is 0.680. The van der Waals surface area contributed by atoms with Crippen LogP contribution in [-0.4, -0.2) is 32.8 Å². The molecule has 0 radical (unpaired) electrons. The van der Waals surface area contributed by atoms with Crippen LogP contribution in [0.3, 0.4) is 0 Å². The third-order valence-corrected chi connectivity index (χ3v) is 3.79. The number of carbonyl (C=O) groups excluding carboxylic acids is 1. The molecule has 0 spiro atoms. The first-order valence-electron chi connectivity index (χ1n) is 8.18. The second-order valence-corrected chi connectivity index (χ2v) is 5.51. The van der Waals surface area contributed by atoms with Gasteiger partial charge in [-0.05, 0) is 29.3 Å². The molecule has 2 aromatic rings. The zero-order chi connectivity index (χ0) is 18.1. The Morgan fingerprint density at radius 3 is 2.60 bits per heavy atom. The third-order valence-electron chi connectivity index (χ3n) is 3.79. The fraction of sp³-hybridized carbons (Fsp3) is 0.200. The molecule has 2 aromatic carbocycles. The average molecular weight is 336 g/mol. The molecule has 0 aliphatic rings. The van der Waals surface area contributed by atoms with Crippen molar-refractivity contribution in [3.8, 4) is 11.1 Å². The van der Waals surface area contributed by atoms with E-state index in [4.69, 9.17) is 5.73 Å². The van der Waals surface area contributed by atoms with E-state index in [9.17, 15) is 4.79 Å². The zero-order valence-corrected chi connectivity index (χ0v) is 14.6. The smallest absolute Gasteiger partial charge is 0.221 e. The highest BCUT2D eigenvalue weighted by molar-refractivity contribution is 5.88. The van der Waals surface area contributed by atoms with Crippen LogP contribution < -0.4 is 16.4 Å². The van der Waals surface area contributed by atoms with Crippen LogP contribution in [0.5, 0.6) is 0 Å². The lowest BCUT2D eigenvalue weighted by molar-refractivity contribution is -0.120. The number of carbonyl (C=O) groups is 1. The molecular weight excluding hydrogens is 312 g/mol. The summed E-state index contributed by atoms with van der Waals surface area (Å²) in [4.78, 5) is 15.3. The van der Waals surface area contributed by atoms with Gasteiger partial charge < -0.3 is 16.4 Å². The van der Waals surface area contributed by atoms with Crippen LogP contribution in [-0.2, 0) is 4.79 Å². The molecule has 0 fully saturated rings. The maximum Gasteiger partial charge on any atom is 0.221 e. The predicted molar refractivity (Wildman–Crippen MR) is 106 cm³/mol. The van der Waals surface area contributed by atoms with Gasteiger partial charge in [0.1, 0.15) is 0 Å². The summed E-state index contributed by atoms with van der Waals surface area (Å²) in [5, 5.41) is 5.90. The number of hydrogen-bond acceptors (Lipinski definition) is 4. The van der Waals surface area contributed by atoms with Crippen LogP contribution in [0.4, 0.5) is 5.69 Å². The first-order chi connectivity index (χ1) is 12.2. The van der Waals surface area contributed by atoms with Gasteiger partial charge in [0, 0.05) is 50.2 Å². The average Bonchev–Trinajstić information content (AvgIpc) is 2.66. The molecule has 0 saturated carbocycles. The second kappa shape index (κ2) is 9.27. The number of nitrogens with zero attached hydrogens (tertiary/aromatic N) is 1. The standard InChI is InChI=1S/C20H24N4O/c1-22-12-10-18(21)17-14-16(15-6-4-3-5-7-15)8-9-19(17)24-13-11-20(25)23-2/h3-10,12,14,24H,11,13,21H2,1-2H3,(H,23,25). The van der Waals surface area contributed by atoms with Crippen LogP contribution in [0, 0.1) is 0 Å². The summed E-state index contributed by atoms with van der Waals surface area (Å²) in [6.45, 7) is 0.534. The Morgan fingerprint density at radius 2 is 1.92 bits per heavy atom. The summed E-state index contributed by atoms with van der Waals surface area (Å²) in [5.41, 5.74) is 10.8. The largest absolute Gasteiger partial charge is 0.398 e. The maximum atomic E-state index is 11.4. The van der Waals surface area contributed by atoms with Crippen LogP contribution in [0.25, 0.3) is 16.8 Å². The Balaban J connectivity index is 2.33. The van der Waals surface area contributed by atoms with Gasteiger partial charge >= 0.3 is 0 Å². The summed E-state index contributed by atoms with van der Waals surface area (Å²) in [7, 11) is 3.33. The number of rotatable bonds is 7. The summed E-state index contributed by atoms with van der Waals surface area (Å²) in [6, 6.07) is 16.2. The molecule has 2 rings (SSSR count). The zero-order valence-electron chi connectivity index (χ0n) is 14.6. The van der Waals surface area contributed by atoms with Gasteiger partial charge in [-0.2, -0.15) is 0 Å². The lowest BCUT2D eigenvalue weighted by atomic mass is 10.00. The van der Waals surface area contributed by atoms with Crippen molar-refractivity contribution < 1.29 is 4.79 Å². The van der Waals surface area contributed by atoms with Gasteiger partial charge in [0.15, 0.2) is 0 Å². The molecule has 4 N–H and O–H groups in total. The maximum absolute atomic E-state index is 11.4. The number of nitrogens with two attached hydrogens (primary N) is 1. The van der Waals surface area contributed by atoms with E-state index in [0.717, 1.165) is 22.4 Å². The predicted octanol–water partition coefficient (Wildman–Crippen LogP) is 2.90. The van der Waals surface area contributed by atoms with Gasteiger partial charge in [-0.3, -0.25) is 9.79 Å². The van der Waals surface area contributed by atoms with E-state index in [1.807, 2.05) is 36.4 Å². The number of aliphatic imine (C=N–C) groups is 1. The SMILES string of the molecule is CN=CC=C(N)c1cc(-c2ccccc2)ccc1NCCC(=O)NC. The van der Waals surface area contributed by atoms with Crippen molar-refractivity contribution in [1.82, 2.24) is 5.32 Å². The van der Waals surface area contributed by atoms with E-state index < -0.39 is 0 Å². The van der Waals surface area contributed by atoms with E-state index in [1.165, 1.54) is 0 Å². The van der Waals surface area contributed by atoms with Crippen molar-refractivity contribution in [2.45, 2.75) is 6.42 Å². The number of allylic oxidation sites excluding steroid dienone is 1. The van der Waals surface area contributed by atoms with Crippen molar-refractivity contribution in [3.05, 3.63) is 60.2 Å². The number of hydrogen-bond donors (Lipinski definition) is 3. The molecule has 0 aliphatic heterocycles. The molecule has 0 aliphatic carbocycles. The van der Waals surface area contributed by atoms with Crippen LogP contribution >= 0.6 is 0 Å². The third kappa shape index (κ3) is 5.21. The minimum absolute atomic E-state index is 0.00316. The molecular formula is C20H24N4O. The van der Waals surface area contributed by atoms with Gasteiger partial charge in [0.05, 0.1) is 0 Å². The van der Waals surface area contributed by atoms with E-state index in [0.29, 0.717) is 18.7 Å². The summed E-state index contributed by atoms with van der Waals surface area (Å²) < 4.78 is 0. The molecule has 0 heterocycles. The van der Waals surface area contributed by atoms with Crippen molar-refractivity contribution in [1.29, 1.82) is 0 Å². The molecule has 0 saturated heterocycles. The van der Waals surface area contributed by atoms with E-state index in [-0.39, 0.29) is 5.91 Å². The minimum Gasteiger partial charge on any atom is -0.398 e. The van der Waals surface area contributed by atoms with Crippen molar-refractivity contribution >= 4 is 23.5 Å². The minimum atomic E-state index is -0.00316. The molecule has 25 heavy (non-hydrogen) atoms. The molecule has 0 atom stereocenters. The number of benzene rings is 2. The highest BCUT2D eigenvalue weighted by Crippen LogP contribution is 2.28. The van der Waals surface area contributed by atoms with E-state index >= 15 is 0 Å². The van der Waals surface area contributed by atoms with E-state index in [2.05, 4.69) is 27.8 Å². The molecule has 1 amide bonds. The molecule has 5 nitrogen and oxygen atoms in total. The fourth-order valence-electron chi connectivity index (χ4n) is 2.43. The van der Waals surface area contributed by atoms with Crippen molar-refractivity contribution in [2.75, 3.05) is 26.0 Å². The number of anilines is 1. The number of nitrogens with one attached hydrogen (secondary N) is 2. The molecule has 0 unspecified atom stereocenters. The molecule has 0 aromatic heterocycles. The van der Waals surface area contributed by atoms with Crippen molar-refractivity contribution in [3.63, 3.8) is 0 Å². The van der Waals surface area contributed by atoms with Gasteiger partial charge in [0.25, 0.3) is 0 Å². The summed E-state index contributed by atoms with van der Waals surface area (Å²) in [6.07, 6.45) is 3.84. The van der Waals surface area contributed by atoms with Gasteiger partial charge in [-0.1, -0.05) is 36.4 Å². The van der Waals surface area contributed by atoms with Gasteiger partial charge in [-0.25, -0.2) is 0 Å². The number of amides is 1. The highest BCUT2D eigenvalue weighted by Gasteiger charge is 2.08. The lowest BCUT2D eigenvalue weighted by Gasteiger charge is -2.14. The van der Waals surface area contributed by atoms with Crippen LogP contribution in [0.1, 0.15) is 12.0 Å². The monoisotopic (exact) mass is 336 g/mol. The van der Waals surface area contributed by atoms with Gasteiger partial charge in [0.2, 0.25) is 5.91 Å². The summed E-state index contributed by atoms with van der Waals surface area (Å²) >= 11 is 0. The first-order valence-corrected chi connectivity index (χ1v) is 8.18. The van der Waals surface area contributed by atoms with E-state index in [1.54, 1.807) is 26.4 Å². The Labute approximate surface area is 148 Å². The Bertz CT molecular complexity index is 767.